The van der Waals surface area contributed by atoms with E-state index >= 15 is 0 Å². The van der Waals surface area contributed by atoms with Crippen LogP contribution in [0.2, 0.25) is 5.02 Å². The number of carbonyl (C=O) groups excluding carboxylic acids is 1. The van der Waals surface area contributed by atoms with Crippen LogP contribution in [0, 0.1) is 5.92 Å². The molecule has 1 saturated heterocycles. The first-order chi connectivity index (χ1) is 16.3. The highest BCUT2D eigenvalue weighted by molar-refractivity contribution is 6.30. The molecule has 3 aromatic rings. The van der Waals surface area contributed by atoms with Gasteiger partial charge in [0.2, 0.25) is 0 Å². The summed E-state index contributed by atoms with van der Waals surface area (Å²) in [5.74, 6) is 0.267. The second-order valence-electron chi connectivity index (χ2n) is 9.59. The molecule has 0 atom stereocenters. The highest BCUT2D eigenvalue weighted by Gasteiger charge is 2.31. The standard InChI is InChI=1S/C25H28ClN5O3/c1-15(2)14-31-22-21(23(32)28-25(31)34)19(13-20(27-22)16-3-4-16)24(33)30-11-9-29(10-12-30)18-7-5-17(26)6-8-18/h5-8,13,15-16H,3-4,9-12,14H2,1-2H3,(H,28,32,34). The van der Waals surface area contributed by atoms with Crippen LogP contribution >= 0.6 is 11.6 Å². The summed E-state index contributed by atoms with van der Waals surface area (Å²) in [5.41, 5.74) is 1.47. The third kappa shape index (κ3) is 4.34. The summed E-state index contributed by atoms with van der Waals surface area (Å²) in [5, 5.41) is 0.893. The highest BCUT2D eigenvalue weighted by atomic mass is 35.5. The minimum Gasteiger partial charge on any atom is -0.368 e. The predicted octanol–water partition coefficient (Wildman–Crippen LogP) is 3.23. The Kier molecular flexibility index (Phi) is 5.93. The molecule has 1 saturated carbocycles. The van der Waals surface area contributed by atoms with E-state index in [0.29, 0.717) is 49.0 Å². The molecule has 34 heavy (non-hydrogen) atoms. The topological polar surface area (TPSA) is 91.3 Å². The van der Waals surface area contributed by atoms with Crippen molar-refractivity contribution in [2.24, 2.45) is 5.92 Å². The van der Waals surface area contributed by atoms with Crippen molar-refractivity contribution in [1.82, 2.24) is 19.4 Å². The second-order valence-corrected chi connectivity index (χ2v) is 10.0. The van der Waals surface area contributed by atoms with Crippen molar-refractivity contribution in [1.29, 1.82) is 0 Å². The highest BCUT2D eigenvalue weighted by Crippen LogP contribution is 2.40. The van der Waals surface area contributed by atoms with Crippen LogP contribution in [0.5, 0.6) is 0 Å². The summed E-state index contributed by atoms with van der Waals surface area (Å²) in [4.78, 5) is 50.3. The molecule has 0 bridgehead atoms. The molecule has 1 aliphatic carbocycles. The number of fused-ring (bicyclic) bond motifs is 1. The molecule has 2 aliphatic rings. The van der Waals surface area contributed by atoms with Crippen LogP contribution in [0.1, 0.15) is 48.7 Å². The van der Waals surface area contributed by atoms with Gasteiger partial charge in [-0.15, -0.1) is 0 Å². The van der Waals surface area contributed by atoms with Gasteiger partial charge < -0.3 is 9.80 Å². The smallest absolute Gasteiger partial charge is 0.330 e. The Morgan fingerprint density at radius 2 is 1.79 bits per heavy atom. The maximum atomic E-state index is 13.7. The number of piperazine rings is 1. The van der Waals surface area contributed by atoms with Crippen molar-refractivity contribution >= 4 is 34.2 Å². The zero-order valence-electron chi connectivity index (χ0n) is 19.4. The number of carbonyl (C=O) groups is 1. The van der Waals surface area contributed by atoms with E-state index in [4.69, 9.17) is 16.6 Å². The van der Waals surface area contributed by atoms with Gasteiger partial charge in [0.1, 0.15) is 0 Å². The average Bonchev–Trinajstić information content (AvgIpc) is 3.66. The van der Waals surface area contributed by atoms with Crippen molar-refractivity contribution in [3.05, 3.63) is 67.4 Å². The van der Waals surface area contributed by atoms with E-state index in [2.05, 4.69) is 9.88 Å². The summed E-state index contributed by atoms with van der Waals surface area (Å²) in [6, 6.07) is 9.45. The zero-order chi connectivity index (χ0) is 24.0. The third-order valence-electron chi connectivity index (χ3n) is 6.50. The number of aromatic nitrogens is 3. The fourth-order valence-electron chi connectivity index (χ4n) is 4.57. The summed E-state index contributed by atoms with van der Waals surface area (Å²) in [6.07, 6.45) is 2.01. The van der Waals surface area contributed by atoms with Crippen LogP contribution in [0.15, 0.2) is 39.9 Å². The van der Waals surface area contributed by atoms with Crippen molar-refractivity contribution in [2.75, 3.05) is 31.1 Å². The number of rotatable bonds is 5. The van der Waals surface area contributed by atoms with Crippen molar-refractivity contribution in [3.63, 3.8) is 0 Å². The molecule has 2 aromatic heterocycles. The maximum Gasteiger partial charge on any atom is 0.330 e. The van der Waals surface area contributed by atoms with E-state index in [0.717, 1.165) is 24.2 Å². The quantitative estimate of drug-likeness (QED) is 0.604. The number of H-pyrrole nitrogens is 1. The molecular weight excluding hydrogens is 454 g/mol. The Morgan fingerprint density at radius 1 is 1.12 bits per heavy atom. The molecule has 0 spiro atoms. The molecule has 178 valence electrons. The lowest BCUT2D eigenvalue weighted by Gasteiger charge is -2.36. The first-order valence-corrected chi connectivity index (χ1v) is 12.2. The van der Waals surface area contributed by atoms with Crippen LogP contribution < -0.4 is 16.1 Å². The molecule has 1 aromatic carbocycles. The predicted molar refractivity (Wildman–Crippen MR) is 133 cm³/mol. The molecule has 1 amide bonds. The summed E-state index contributed by atoms with van der Waals surface area (Å²) in [7, 11) is 0. The molecule has 1 N–H and O–H groups in total. The monoisotopic (exact) mass is 481 g/mol. The van der Waals surface area contributed by atoms with Crippen LogP contribution in [0.25, 0.3) is 11.0 Å². The minimum absolute atomic E-state index is 0.179. The number of benzene rings is 1. The van der Waals surface area contributed by atoms with Gasteiger partial charge in [0, 0.05) is 55.0 Å². The number of aromatic amines is 1. The molecule has 3 heterocycles. The molecule has 5 rings (SSSR count). The van der Waals surface area contributed by atoms with E-state index in [-0.39, 0.29) is 23.1 Å². The summed E-state index contributed by atoms with van der Waals surface area (Å²) >= 11 is 6.01. The van der Waals surface area contributed by atoms with Crippen molar-refractivity contribution in [2.45, 2.75) is 39.2 Å². The first kappa shape index (κ1) is 22.7. The molecular formula is C25H28ClN5O3. The Labute approximate surface area is 202 Å². The number of hydrogen-bond acceptors (Lipinski definition) is 5. The van der Waals surface area contributed by atoms with Crippen molar-refractivity contribution < 1.29 is 4.79 Å². The Bertz CT molecular complexity index is 1350. The normalized spacial score (nSPS) is 16.5. The van der Waals surface area contributed by atoms with Gasteiger partial charge in [-0.3, -0.25) is 19.1 Å². The lowest BCUT2D eigenvalue weighted by molar-refractivity contribution is 0.0748. The van der Waals surface area contributed by atoms with Crippen LogP contribution in [0.4, 0.5) is 5.69 Å². The number of anilines is 1. The van der Waals surface area contributed by atoms with Gasteiger partial charge in [-0.1, -0.05) is 25.4 Å². The third-order valence-corrected chi connectivity index (χ3v) is 6.75. The fourth-order valence-corrected chi connectivity index (χ4v) is 4.70. The number of halogens is 1. The van der Waals surface area contributed by atoms with Crippen LogP contribution in [-0.4, -0.2) is 51.5 Å². The Hall–Kier alpha value is -3.13. The summed E-state index contributed by atoms with van der Waals surface area (Å²) in [6.45, 7) is 6.85. The van der Waals surface area contributed by atoms with Crippen LogP contribution in [-0.2, 0) is 6.54 Å². The Morgan fingerprint density at radius 3 is 2.41 bits per heavy atom. The van der Waals surface area contributed by atoms with Gasteiger partial charge >= 0.3 is 5.69 Å². The minimum atomic E-state index is -0.557. The van der Waals surface area contributed by atoms with E-state index in [1.54, 1.807) is 11.0 Å². The van der Waals surface area contributed by atoms with Gasteiger partial charge in [0.15, 0.2) is 5.65 Å². The van der Waals surface area contributed by atoms with Gasteiger partial charge in [0.05, 0.1) is 10.9 Å². The largest absolute Gasteiger partial charge is 0.368 e. The van der Waals surface area contributed by atoms with Gasteiger partial charge in [0.25, 0.3) is 11.5 Å². The fraction of sp³-hybridized carbons (Fsp3) is 0.440. The number of nitrogens with one attached hydrogen (secondary N) is 1. The number of nitrogens with zero attached hydrogens (tertiary/aromatic N) is 4. The zero-order valence-corrected chi connectivity index (χ0v) is 20.1. The molecule has 8 nitrogen and oxygen atoms in total. The molecule has 1 aliphatic heterocycles. The second kappa shape index (κ2) is 8.91. The number of amides is 1. The van der Waals surface area contributed by atoms with Gasteiger partial charge in [-0.05, 0) is 49.1 Å². The number of pyridine rings is 1. The lowest BCUT2D eigenvalue weighted by Crippen LogP contribution is -2.49. The average molecular weight is 482 g/mol. The van der Waals surface area contributed by atoms with Gasteiger partial charge in [-0.2, -0.15) is 0 Å². The first-order valence-electron chi connectivity index (χ1n) is 11.8. The molecule has 0 unspecified atom stereocenters. The van der Waals surface area contributed by atoms with Gasteiger partial charge in [-0.25, -0.2) is 9.78 Å². The lowest BCUT2D eigenvalue weighted by atomic mass is 10.1. The molecule has 2 fully saturated rings. The summed E-state index contributed by atoms with van der Waals surface area (Å²) < 4.78 is 1.50. The van der Waals surface area contributed by atoms with E-state index < -0.39 is 11.2 Å². The maximum absolute atomic E-state index is 13.7. The number of hydrogen-bond donors (Lipinski definition) is 1. The van der Waals surface area contributed by atoms with E-state index in [1.807, 2.05) is 38.1 Å². The van der Waals surface area contributed by atoms with Crippen molar-refractivity contribution in [3.8, 4) is 0 Å². The molecule has 9 heteroatoms. The van der Waals surface area contributed by atoms with E-state index in [9.17, 15) is 14.4 Å². The SMILES string of the molecule is CC(C)Cn1c(=O)[nH]c(=O)c2c(C(=O)N3CCN(c4ccc(Cl)cc4)CC3)cc(C3CC3)nc21. The van der Waals surface area contributed by atoms with E-state index in [1.165, 1.54) is 4.57 Å². The molecule has 0 radical (unpaired) electrons. The Balaban J connectivity index is 1.50. The van der Waals surface area contributed by atoms with Crippen LogP contribution in [0.3, 0.4) is 0 Å².